The molecule has 3 aromatic rings. The molecule has 1 unspecified atom stereocenters. The Bertz CT molecular complexity index is 1350. The zero-order valence-electron chi connectivity index (χ0n) is 19.4. The average molecular weight is 495 g/mol. The van der Waals surface area contributed by atoms with Crippen LogP contribution < -0.4 is 9.62 Å². The van der Waals surface area contributed by atoms with Crippen molar-refractivity contribution in [3.05, 3.63) is 71.6 Å². The Balaban J connectivity index is 1.36. The summed E-state index contributed by atoms with van der Waals surface area (Å²) in [6, 6.07) is 12.5. The van der Waals surface area contributed by atoms with Gasteiger partial charge in [0.25, 0.3) is 10.2 Å². The molecule has 0 saturated carbocycles. The van der Waals surface area contributed by atoms with Gasteiger partial charge in [0.15, 0.2) is 0 Å². The quantitative estimate of drug-likeness (QED) is 0.506. The first kappa shape index (κ1) is 24.5. The third-order valence-corrected chi connectivity index (χ3v) is 7.44. The van der Waals surface area contributed by atoms with Crippen molar-refractivity contribution in [1.29, 1.82) is 0 Å². The van der Waals surface area contributed by atoms with Crippen LogP contribution in [0.4, 0.5) is 5.69 Å². The van der Waals surface area contributed by atoms with Crippen LogP contribution in [0.25, 0.3) is 11.5 Å². The van der Waals surface area contributed by atoms with E-state index in [-0.39, 0.29) is 13.1 Å². The third kappa shape index (κ3) is 5.89. The van der Waals surface area contributed by atoms with Gasteiger partial charge in [0.1, 0.15) is 12.3 Å². The van der Waals surface area contributed by atoms with E-state index in [0.29, 0.717) is 19.0 Å². The predicted molar refractivity (Wildman–Crippen MR) is 132 cm³/mol. The van der Waals surface area contributed by atoms with Crippen LogP contribution in [-0.4, -0.2) is 61.0 Å². The molecule has 1 saturated heterocycles. The topological polar surface area (TPSA) is 116 Å². The Kier molecular flexibility index (Phi) is 7.21. The monoisotopic (exact) mass is 494 g/mol. The molecule has 35 heavy (non-hydrogen) atoms. The highest BCUT2D eigenvalue weighted by atomic mass is 32.2. The summed E-state index contributed by atoms with van der Waals surface area (Å²) in [6.07, 6.45) is 3.17. The number of carbonyl (C=O) groups is 1. The number of nitrogens with zero attached hydrogens (tertiary/aromatic N) is 3. The van der Waals surface area contributed by atoms with Gasteiger partial charge in [0.2, 0.25) is 5.89 Å². The van der Waals surface area contributed by atoms with Crippen LogP contribution in [0.1, 0.15) is 23.6 Å². The van der Waals surface area contributed by atoms with E-state index >= 15 is 0 Å². The van der Waals surface area contributed by atoms with E-state index in [1.807, 2.05) is 49.4 Å². The van der Waals surface area contributed by atoms with Crippen molar-refractivity contribution >= 4 is 21.9 Å². The number of aliphatic carboxylic acids is 1. The number of piperazine rings is 1. The lowest BCUT2D eigenvalue weighted by Gasteiger charge is -2.35. The van der Waals surface area contributed by atoms with Crippen molar-refractivity contribution in [2.45, 2.75) is 19.9 Å². The van der Waals surface area contributed by atoms with Gasteiger partial charge in [-0.2, -0.15) is 17.4 Å². The van der Waals surface area contributed by atoms with E-state index in [1.54, 1.807) is 12.5 Å². The largest absolute Gasteiger partial charge is 0.480 e. The molecule has 0 spiro atoms. The summed E-state index contributed by atoms with van der Waals surface area (Å²) in [5.41, 5.74) is 4.71. The summed E-state index contributed by atoms with van der Waals surface area (Å²) in [6.45, 7) is 4.84. The second-order valence-corrected chi connectivity index (χ2v) is 9.93. The minimum absolute atomic E-state index is 0.270. The van der Waals surface area contributed by atoms with Crippen molar-refractivity contribution in [2.75, 3.05) is 31.1 Å². The van der Waals surface area contributed by atoms with E-state index in [9.17, 15) is 13.2 Å². The van der Waals surface area contributed by atoms with Crippen LogP contribution in [0.5, 0.6) is 0 Å². The lowest BCUT2D eigenvalue weighted by atomic mass is 10.0. The second kappa shape index (κ2) is 10.3. The average Bonchev–Trinajstić information content (AvgIpc) is 3.37. The van der Waals surface area contributed by atoms with E-state index in [0.717, 1.165) is 27.9 Å². The second-order valence-electron chi connectivity index (χ2n) is 8.23. The van der Waals surface area contributed by atoms with Crippen LogP contribution in [0, 0.1) is 18.8 Å². The summed E-state index contributed by atoms with van der Waals surface area (Å²) in [7, 11) is -3.84. The number of carboxylic acids is 1. The molecule has 10 heteroatoms. The maximum atomic E-state index is 12.4. The number of hydrogen-bond donors (Lipinski definition) is 2. The van der Waals surface area contributed by atoms with Crippen molar-refractivity contribution in [3.63, 3.8) is 0 Å². The van der Waals surface area contributed by atoms with Gasteiger partial charge in [-0.25, -0.2) is 4.98 Å². The number of aromatic nitrogens is 1. The number of carboxylic acid groups (broad SMARTS) is 1. The highest BCUT2D eigenvalue weighted by Gasteiger charge is 2.29. The maximum Gasteiger partial charge on any atom is 0.321 e. The van der Waals surface area contributed by atoms with Crippen molar-refractivity contribution in [1.82, 2.24) is 14.0 Å². The fraction of sp³-hybridized carbons (Fsp3) is 0.280. The molecule has 1 aliphatic rings. The summed E-state index contributed by atoms with van der Waals surface area (Å²) >= 11 is 0. The van der Waals surface area contributed by atoms with Crippen LogP contribution in [-0.2, 0) is 15.0 Å². The molecule has 2 N–H and O–H groups in total. The number of nitrogens with one attached hydrogen (secondary N) is 1. The Morgan fingerprint density at radius 3 is 2.34 bits per heavy atom. The molecule has 1 atom stereocenters. The molecule has 182 valence electrons. The smallest absolute Gasteiger partial charge is 0.321 e. The minimum Gasteiger partial charge on any atom is -0.480 e. The summed E-state index contributed by atoms with van der Waals surface area (Å²) in [4.78, 5) is 17.2. The molecule has 0 radical (unpaired) electrons. The maximum absolute atomic E-state index is 12.4. The fourth-order valence-electron chi connectivity index (χ4n) is 3.77. The summed E-state index contributed by atoms with van der Waals surface area (Å²) in [5.74, 6) is 5.73. The normalized spacial score (nSPS) is 15.3. The van der Waals surface area contributed by atoms with Crippen LogP contribution in [0.2, 0.25) is 0 Å². The number of hydrogen-bond acceptors (Lipinski definition) is 6. The van der Waals surface area contributed by atoms with E-state index in [4.69, 9.17) is 9.52 Å². The molecular weight excluding hydrogens is 468 g/mol. The van der Waals surface area contributed by atoms with Crippen molar-refractivity contribution in [2.24, 2.45) is 0 Å². The summed E-state index contributed by atoms with van der Waals surface area (Å²) < 4.78 is 33.6. The van der Waals surface area contributed by atoms with Gasteiger partial charge < -0.3 is 14.4 Å². The highest BCUT2D eigenvalue weighted by Crippen LogP contribution is 2.22. The van der Waals surface area contributed by atoms with Crippen LogP contribution in [0.3, 0.4) is 0 Å². The molecule has 1 fully saturated rings. The Labute approximate surface area is 204 Å². The number of oxazole rings is 1. The van der Waals surface area contributed by atoms with Gasteiger partial charge in [-0.05, 0) is 61.9 Å². The van der Waals surface area contributed by atoms with Gasteiger partial charge in [0, 0.05) is 48.6 Å². The number of anilines is 1. The molecule has 0 aliphatic carbocycles. The SMILES string of the molecule is Cc1cc(C#Cc2ccc(N3CCN(S(=O)(=O)NC(C)C(=O)O)CC3)cc2)ccc1-c1ncco1. The van der Waals surface area contributed by atoms with E-state index < -0.39 is 22.2 Å². The zero-order valence-corrected chi connectivity index (χ0v) is 20.2. The molecule has 0 bridgehead atoms. The highest BCUT2D eigenvalue weighted by molar-refractivity contribution is 7.87. The number of benzene rings is 2. The molecule has 4 rings (SSSR count). The zero-order chi connectivity index (χ0) is 25.0. The molecular formula is C25H26N4O5S. The number of aryl methyl sites for hydroxylation is 1. The van der Waals surface area contributed by atoms with Crippen LogP contribution >= 0.6 is 0 Å². The minimum atomic E-state index is -3.84. The first-order valence-corrected chi connectivity index (χ1v) is 12.5. The van der Waals surface area contributed by atoms with E-state index in [1.165, 1.54) is 11.2 Å². The van der Waals surface area contributed by atoms with Gasteiger partial charge in [-0.3, -0.25) is 4.79 Å². The molecule has 1 aliphatic heterocycles. The fourth-order valence-corrected chi connectivity index (χ4v) is 5.11. The molecule has 2 heterocycles. The van der Waals surface area contributed by atoms with Gasteiger partial charge >= 0.3 is 5.97 Å². The van der Waals surface area contributed by atoms with Crippen molar-refractivity contribution < 1.29 is 22.7 Å². The lowest BCUT2D eigenvalue weighted by molar-refractivity contribution is -0.138. The summed E-state index contributed by atoms with van der Waals surface area (Å²) in [5, 5.41) is 8.95. The number of rotatable bonds is 6. The Morgan fingerprint density at radius 2 is 1.74 bits per heavy atom. The molecule has 1 aromatic heterocycles. The van der Waals surface area contributed by atoms with Crippen LogP contribution in [0.15, 0.2) is 59.3 Å². The molecule has 9 nitrogen and oxygen atoms in total. The van der Waals surface area contributed by atoms with Gasteiger partial charge in [0.05, 0.1) is 6.20 Å². The molecule has 0 amide bonds. The van der Waals surface area contributed by atoms with Gasteiger partial charge in [-0.1, -0.05) is 11.8 Å². The van der Waals surface area contributed by atoms with Gasteiger partial charge in [-0.15, -0.1) is 0 Å². The first-order chi connectivity index (χ1) is 16.7. The van der Waals surface area contributed by atoms with E-state index in [2.05, 4.69) is 26.4 Å². The Morgan fingerprint density at radius 1 is 1.09 bits per heavy atom. The standard InChI is InChI=1S/C25H26N4O5S/c1-18-17-21(7-10-23(18)24-26-11-16-34-24)4-3-20-5-8-22(9-6-20)28-12-14-29(15-13-28)35(32,33)27-19(2)25(30)31/h5-11,16-17,19,27H,12-15H2,1-2H3,(H,30,31). The van der Waals surface area contributed by atoms with Crippen molar-refractivity contribution in [3.8, 4) is 23.3 Å². The first-order valence-electron chi connectivity index (χ1n) is 11.1. The third-order valence-electron chi connectivity index (χ3n) is 5.75. The lowest BCUT2D eigenvalue weighted by Crippen LogP contribution is -2.54. The Hall–Kier alpha value is -3.65. The predicted octanol–water partition coefficient (Wildman–Crippen LogP) is 2.48. The molecule has 2 aromatic carbocycles.